The number of furan rings is 2. The van der Waals surface area contributed by atoms with E-state index in [1.54, 1.807) is 0 Å². The van der Waals surface area contributed by atoms with Gasteiger partial charge in [0.1, 0.15) is 11.2 Å². The summed E-state index contributed by atoms with van der Waals surface area (Å²) >= 11 is 0. The summed E-state index contributed by atoms with van der Waals surface area (Å²) in [6, 6.07) is 48.9. The van der Waals surface area contributed by atoms with Crippen LogP contribution >= 0.6 is 0 Å². The van der Waals surface area contributed by atoms with E-state index in [0.717, 1.165) is 88.8 Å². The van der Waals surface area contributed by atoms with Gasteiger partial charge in [-0.2, -0.15) is 0 Å². The van der Waals surface area contributed by atoms with E-state index in [1.807, 2.05) is 0 Å². The first-order valence-corrected chi connectivity index (χ1v) is 20.1. The van der Waals surface area contributed by atoms with Crippen molar-refractivity contribution >= 4 is 88.8 Å². The average molecular weight is 755 g/mol. The number of fused-ring (bicyclic) bond motifs is 10. The van der Waals surface area contributed by atoms with E-state index in [9.17, 15) is 0 Å². The summed E-state index contributed by atoms with van der Waals surface area (Å²) in [4.78, 5) is 4.69. The highest BCUT2D eigenvalue weighted by Crippen LogP contribution is 2.48. The Morgan fingerprint density at radius 3 is 0.879 bits per heavy atom. The Hall–Kier alpha value is -6.78. The van der Waals surface area contributed by atoms with Crippen LogP contribution in [0.2, 0.25) is 0 Å². The van der Waals surface area contributed by atoms with Gasteiger partial charge in [0.15, 0.2) is 11.2 Å². The van der Waals surface area contributed by atoms with Crippen molar-refractivity contribution in [3.63, 3.8) is 0 Å². The van der Waals surface area contributed by atoms with E-state index < -0.39 is 0 Å². The molecule has 284 valence electrons. The first kappa shape index (κ1) is 35.6. The van der Waals surface area contributed by atoms with Crippen LogP contribution in [0.3, 0.4) is 0 Å². The summed E-state index contributed by atoms with van der Waals surface area (Å²) < 4.78 is 14.0. The van der Waals surface area contributed by atoms with Gasteiger partial charge < -0.3 is 18.6 Å². The standard InChI is InChI=1S/C54H46N2O2/c1-31-17-32(2)22-41(21-31)55(42-23-33(3)18-34(4)24-42)39-13-15-47-49(29-39)57-53-51(47)45-11-9-10-12-46(45)52-48-16-14-40(30-50(48)58-54(52)53)56(43-25-35(5)19-36(6)26-43)44-27-37(7)20-38(8)28-44/h9-30H,1-8H3. The lowest BCUT2D eigenvalue weighted by molar-refractivity contribution is 0.633. The Kier molecular flexibility index (Phi) is 8.24. The molecule has 58 heavy (non-hydrogen) atoms. The summed E-state index contributed by atoms with van der Waals surface area (Å²) in [6.45, 7) is 17.3. The normalized spacial score (nSPS) is 11.8. The van der Waals surface area contributed by atoms with Crippen LogP contribution in [0.5, 0.6) is 0 Å². The molecule has 2 heterocycles. The van der Waals surface area contributed by atoms with Crippen LogP contribution in [0, 0.1) is 55.4 Å². The van der Waals surface area contributed by atoms with Gasteiger partial charge in [0.2, 0.25) is 0 Å². The topological polar surface area (TPSA) is 32.8 Å². The minimum Gasteiger partial charge on any atom is -0.452 e. The quantitative estimate of drug-likeness (QED) is 0.169. The molecule has 0 fully saturated rings. The lowest BCUT2D eigenvalue weighted by atomic mass is 9.98. The highest BCUT2D eigenvalue weighted by Gasteiger charge is 2.24. The van der Waals surface area contributed by atoms with Crippen LogP contribution < -0.4 is 9.80 Å². The van der Waals surface area contributed by atoms with Gasteiger partial charge in [0, 0.05) is 67.8 Å². The molecule has 0 aliphatic rings. The van der Waals surface area contributed by atoms with Crippen LogP contribution in [0.25, 0.3) is 54.6 Å². The fourth-order valence-corrected chi connectivity index (χ4v) is 9.44. The third-order valence-corrected chi connectivity index (χ3v) is 11.4. The molecule has 10 rings (SSSR count). The van der Waals surface area contributed by atoms with Crippen molar-refractivity contribution in [2.24, 2.45) is 0 Å². The number of rotatable bonds is 6. The summed E-state index contributed by atoms with van der Waals surface area (Å²) in [5, 5.41) is 6.57. The maximum absolute atomic E-state index is 7.00. The second kappa shape index (κ2) is 13.4. The van der Waals surface area contributed by atoms with Crippen LogP contribution in [-0.4, -0.2) is 0 Å². The highest BCUT2D eigenvalue weighted by atomic mass is 16.4. The molecule has 0 aliphatic carbocycles. The predicted octanol–water partition coefficient (Wildman–Crippen LogP) is 16.0. The second-order valence-corrected chi connectivity index (χ2v) is 16.6. The molecule has 0 spiro atoms. The van der Waals surface area contributed by atoms with Crippen molar-refractivity contribution in [2.45, 2.75) is 55.4 Å². The molecule has 0 radical (unpaired) electrons. The Labute approximate surface area is 339 Å². The zero-order valence-electron chi connectivity index (χ0n) is 34.4. The molecular formula is C54H46N2O2. The molecule has 4 heteroatoms. The zero-order valence-corrected chi connectivity index (χ0v) is 34.4. The van der Waals surface area contributed by atoms with E-state index >= 15 is 0 Å². The van der Waals surface area contributed by atoms with Gasteiger partial charge in [-0.3, -0.25) is 0 Å². The molecule has 0 N–H and O–H groups in total. The third kappa shape index (κ3) is 5.99. The van der Waals surface area contributed by atoms with Gasteiger partial charge in [-0.25, -0.2) is 0 Å². The number of hydrogen-bond acceptors (Lipinski definition) is 4. The third-order valence-electron chi connectivity index (χ3n) is 11.4. The van der Waals surface area contributed by atoms with Gasteiger partial charge in [-0.05, 0) is 183 Å². The lowest BCUT2D eigenvalue weighted by Gasteiger charge is -2.27. The summed E-state index contributed by atoms with van der Waals surface area (Å²) in [5.41, 5.74) is 19.5. The first-order valence-electron chi connectivity index (χ1n) is 20.1. The minimum absolute atomic E-state index is 0.767. The van der Waals surface area contributed by atoms with Crippen LogP contribution in [-0.2, 0) is 0 Å². The van der Waals surface area contributed by atoms with Gasteiger partial charge in [0.05, 0.1) is 0 Å². The van der Waals surface area contributed by atoms with Gasteiger partial charge >= 0.3 is 0 Å². The van der Waals surface area contributed by atoms with Crippen LogP contribution in [0.4, 0.5) is 34.1 Å². The SMILES string of the molecule is Cc1cc(C)cc(N(c2cc(C)cc(C)c2)c2ccc3c(c2)oc2c4oc5cc(N(c6cc(C)cc(C)c6)c6cc(C)cc(C)c6)ccc5c4c4ccccc4c32)c1. The van der Waals surface area contributed by atoms with Crippen LogP contribution in [0.1, 0.15) is 44.5 Å². The molecule has 0 bridgehead atoms. The molecule has 0 amide bonds. The number of anilines is 6. The van der Waals surface area contributed by atoms with Crippen LogP contribution in [0.15, 0.2) is 142 Å². The number of aryl methyl sites for hydroxylation is 8. The van der Waals surface area contributed by atoms with Gasteiger partial charge in [-0.15, -0.1) is 0 Å². The van der Waals surface area contributed by atoms with Crippen molar-refractivity contribution in [2.75, 3.05) is 9.80 Å². The van der Waals surface area contributed by atoms with E-state index in [0.29, 0.717) is 0 Å². The lowest BCUT2D eigenvalue weighted by Crippen LogP contribution is -2.11. The second-order valence-electron chi connectivity index (χ2n) is 16.6. The Bertz CT molecular complexity index is 2890. The summed E-state index contributed by atoms with van der Waals surface area (Å²) in [7, 11) is 0. The maximum Gasteiger partial charge on any atom is 0.179 e. The van der Waals surface area contributed by atoms with E-state index in [2.05, 4.69) is 199 Å². The largest absolute Gasteiger partial charge is 0.452 e. The zero-order chi connectivity index (χ0) is 40.0. The fourth-order valence-electron chi connectivity index (χ4n) is 9.44. The molecule has 0 atom stereocenters. The Morgan fingerprint density at radius 1 is 0.293 bits per heavy atom. The van der Waals surface area contributed by atoms with Crippen molar-refractivity contribution in [1.82, 2.24) is 0 Å². The van der Waals surface area contributed by atoms with E-state index in [4.69, 9.17) is 8.83 Å². The molecular weight excluding hydrogens is 709 g/mol. The predicted molar refractivity (Wildman–Crippen MR) is 246 cm³/mol. The summed E-state index contributed by atoms with van der Waals surface area (Å²) in [6.07, 6.45) is 0. The van der Waals surface area contributed by atoms with Crippen molar-refractivity contribution in [3.05, 3.63) is 178 Å². The average Bonchev–Trinajstić information content (AvgIpc) is 3.73. The first-order chi connectivity index (χ1) is 28.0. The molecule has 0 aliphatic heterocycles. The summed E-state index contributed by atoms with van der Waals surface area (Å²) in [5.74, 6) is 0. The Morgan fingerprint density at radius 2 is 0.586 bits per heavy atom. The van der Waals surface area contributed by atoms with Crippen molar-refractivity contribution < 1.29 is 8.83 Å². The van der Waals surface area contributed by atoms with Crippen molar-refractivity contribution in [3.8, 4) is 0 Å². The maximum atomic E-state index is 7.00. The van der Waals surface area contributed by atoms with Gasteiger partial charge in [0.25, 0.3) is 0 Å². The smallest absolute Gasteiger partial charge is 0.179 e. The molecule has 2 aromatic heterocycles. The molecule has 4 nitrogen and oxygen atoms in total. The fraction of sp³-hybridized carbons (Fsp3) is 0.148. The number of nitrogens with zero attached hydrogens (tertiary/aromatic N) is 2. The van der Waals surface area contributed by atoms with Gasteiger partial charge in [-0.1, -0.05) is 48.5 Å². The minimum atomic E-state index is 0.767. The molecule has 10 aromatic rings. The van der Waals surface area contributed by atoms with E-state index in [1.165, 1.54) is 44.5 Å². The monoisotopic (exact) mass is 754 g/mol. The van der Waals surface area contributed by atoms with Crippen molar-refractivity contribution in [1.29, 1.82) is 0 Å². The number of hydrogen-bond donors (Lipinski definition) is 0. The molecule has 0 saturated carbocycles. The molecule has 0 saturated heterocycles. The van der Waals surface area contributed by atoms with E-state index in [-0.39, 0.29) is 0 Å². The molecule has 0 unspecified atom stereocenters. The highest BCUT2D eigenvalue weighted by molar-refractivity contribution is 6.33. The number of benzene rings is 8. The Balaban J connectivity index is 1.20. The molecule has 8 aromatic carbocycles.